The van der Waals surface area contributed by atoms with Crippen molar-refractivity contribution < 1.29 is 9.72 Å². The van der Waals surface area contributed by atoms with E-state index in [2.05, 4.69) is 26.6 Å². The minimum absolute atomic E-state index is 0.0110. The number of nitro benzene ring substituents is 1. The van der Waals surface area contributed by atoms with E-state index in [4.69, 9.17) is 0 Å². The number of nitrogens with zero attached hydrogens (tertiary/aromatic N) is 1. The van der Waals surface area contributed by atoms with Gasteiger partial charge in [0.15, 0.2) is 0 Å². The molecule has 0 aromatic heterocycles. The fraction of sp³-hybridized carbons (Fsp3) is 0.364. The molecule has 18 heavy (non-hydrogen) atoms. The normalized spacial score (nSPS) is 14.9. The highest BCUT2D eigenvalue weighted by atomic mass is 79.9. The monoisotopic (exact) mass is 313 g/mol. The molecule has 0 bridgehead atoms. The third-order valence-corrected chi connectivity index (χ3v) is 3.43. The molecular formula is C11H12BrN3O3. The van der Waals surface area contributed by atoms with E-state index >= 15 is 0 Å². The molecule has 1 aromatic rings. The van der Waals surface area contributed by atoms with Crippen LogP contribution >= 0.6 is 15.9 Å². The Morgan fingerprint density at radius 3 is 2.78 bits per heavy atom. The molecule has 0 unspecified atom stereocenters. The van der Waals surface area contributed by atoms with Crippen molar-refractivity contribution >= 4 is 33.2 Å². The van der Waals surface area contributed by atoms with Crippen molar-refractivity contribution in [2.75, 3.05) is 18.4 Å². The van der Waals surface area contributed by atoms with Crippen molar-refractivity contribution in [1.29, 1.82) is 0 Å². The van der Waals surface area contributed by atoms with Gasteiger partial charge in [0.2, 0.25) is 5.91 Å². The maximum atomic E-state index is 11.7. The Bertz CT molecular complexity index is 488. The molecule has 0 radical (unpaired) electrons. The third kappa shape index (κ3) is 3.05. The maximum absolute atomic E-state index is 11.7. The van der Waals surface area contributed by atoms with Gasteiger partial charge in [0.1, 0.15) is 0 Å². The Hall–Kier alpha value is -1.47. The topological polar surface area (TPSA) is 84.3 Å². The SMILES string of the molecule is O=C(CC1CNC1)Nc1ccc([N+](=O)[O-])cc1Br. The van der Waals surface area contributed by atoms with Gasteiger partial charge in [-0.1, -0.05) is 0 Å². The zero-order chi connectivity index (χ0) is 13.1. The first-order chi connectivity index (χ1) is 8.56. The van der Waals surface area contributed by atoms with Crippen LogP contribution in [0.15, 0.2) is 22.7 Å². The molecule has 1 aromatic carbocycles. The van der Waals surface area contributed by atoms with Crippen molar-refractivity contribution in [3.8, 4) is 0 Å². The van der Waals surface area contributed by atoms with Crippen LogP contribution < -0.4 is 10.6 Å². The molecule has 1 heterocycles. The highest BCUT2D eigenvalue weighted by molar-refractivity contribution is 9.10. The van der Waals surface area contributed by atoms with E-state index < -0.39 is 4.92 Å². The molecule has 0 atom stereocenters. The minimum atomic E-state index is -0.476. The first-order valence-corrected chi connectivity index (χ1v) is 6.30. The second kappa shape index (κ2) is 5.45. The fourth-order valence-electron chi connectivity index (χ4n) is 1.68. The van der Waals surface area contributed by atoms with Crippen LogP contribution in [-0.2, 0) is 4.79 Å². The molecule has 2 N–H and O–H groups in total. The van der Waals surface area contributed by atoms with Crippen LogP contribution in [0.1, 0.15) is 6.42 Å². The summed E-state index contributed by atoms with van der Waals surface area (Å²) in [5.74, 6) is 0.317. The number of carbonyl (C=O) groups is 1. The highest BCUT2D eigenvalue weighted by Crippen LogP contribution is 2.27. The van der Waals surface area contributed by atoms with E-state index in [1.165, 1.54) is 18.2 Å². The zero-order valence-corrected chi connectivity index (χ0v) is 11.1. The molecule has 1 saturated heterocycles. The standard InChI is InChI=1S/C11H12BrN3O3/c12-9-4-8(15(17)18)1-2-10(9)14-11(16)3-7-5-13-6-7/h1-2,4,7,13H,3,5-6H2,(H,14,16). The Balaban J connectivity index is 2.00. The van der Waals surface area contributed by atoms with E-state index in [-0.39, 0.29) is 11.6 Å². The van der Waals surface area contributed by atoms with Gasteiger partial charge in [-0.2, -0.15) is 0 Å². The molecule has 0 aliphatic carbocycles. The van der Waals surface area contributed by atoms with E-state index in [1.54, 1.807) is 0 Å². The van der Waals surface area contributed by atoms with Crippen molar-refractivity contribution in [2.45, 2.75) is 6.42 Å². The lowest BCUT2D eigenvalue weighted by atomic mass is 9.99. The number of benzene rings is 1. The minimum Gasteiger partial charge on any atom is -0.325 e. The van der Waals surface area contributed by atoms with E-state index in [1.807, 2.05) is 0 Å². The zero-order valence-electron chi connectivity index (χ0n) is 9.48. The summed E-state index contributed by atoms with van der Waals surface area (Å²) >= 11 is 3.21. The van der Waals surface area contributed by atoms with Gasteiger partial charge in [0.25, 0.3) is 5.69 Å². The van der Waals surface area contributed by atoms with Crippen LogP contribution in [-0.4, -0.2) is 23.9 Å². The van der Waals surface area contributed by atoms with Gasteiger partial charge in [-0.15, -0.1) is 0 Å². The van der Waals surface area contributed by atoms with Gasteiger partial charge in [-0.25, -0.2) is 0 Å². The van der Waals surface area contributed by atoms with Gasteiger partial charge in [-0.3, -0.25) is 14.9 Å². The predicted octanol–water partition coefficient (Wildman–Crippen LogP) is 1.91. The molecule has 1 amide bonds. The average Bonchev–Trinajstić information content (AvgIpc) is 2.26. The molecule has 6 nitrogen and oxygen atoms in total. The van der Waals surface area contributed by atoms with Gasteiger partial charge < -0.3 is 10.6 Å². The number of amides is 1. The van der Waals surface area contributed by atoms with Crippen LogP contribution in [0.5, 0.6) is 0 Å². The van der Waals surface area contributed by atoms with Gasteiger partial charge in [0.05, 0.1) is 10.6 Å². The first kappa shape index (κ1) is 13.0. The first-order valence-electron chi connectivity index (χ1n) is 5.51. The lowest BCUT2D eigenvalue weighted by molar-refractivity contribution is -0.384. The summed E-state index contributed by atoms with van der Waals surface area (Å²) in [5.41, 5.74) is 0.543. The average molecular weight is 314 g/mol. The summed E-state index contributed by atoms with van der Waals surface area (Å²) < 4.78 is 0.511. The summed E-state index contributed by atoms with van der Waals surface area (Å²) in [6, 6.07) is 4.27. The number of non-ortho nitro benzene ring substituents is 1. The molecule has 0 saturated carbocycles. The van der Waals surface area contributed by atoms with Gasteiger partial charge in [-0.05, 0) is 41.0 Å². The second-order valence-corrected chi connectivity index (χ2v) is 5.05. The Kier molecular flexibility index (Phi) is 3.93. The molecule has 1 aliphatic rings. The van der Waals surface area contributed by atoms with Crippen LogP contribution in [0.3, 0.4) is 0 Å². The van der Waals surface area contributed by atoms with Crippen LogP contribution in [0.4, 0.5) is 11.4 Å². The Labute approximate surface area is 112 Å². The summed E-state index contributed by atoms with van der Waals surface area (Å²) in [7, 11) is 0. The maximum Gasteiger partial charge on any atom is 0.270 e. The van der Waals surface area contributed by atoms with Gasteiger partial charge >= 0.3 is 0 Å². The van der Waals surface area contributed by atoms with Crippen LogP contribution in [0, 0.1) is 16.0 Å². The molecule has 96 valence electrons. The van der Waals surface area contributed by atoms with Crippen molar-refractivity contribution in [2.24, 2.45) is 5.92 Å². The summed E-state index contributed by atoms with van der Waals surface area (Å²) in [6.45, 7) is 1.74. The van der Waals surface area contributed by atoms with Crippen molar-refractivity contribution in [3.05, 3.63) is 32.8 Å². The quantitative estimate of drug-likeness (QED) is 0.657. The third-order valence-electron chi connectivity index (χ3n) is 2.78. The number of rotatable bonds is 4. The number of anilines is 1. The number of nitrogens with one attached hydrogen (secondary N) is 2. The molecule has 1 aliphatic heterocycles. The number of carbonyl (C=O) groups excluding carboxylic acids is 1. The van der Waals surface area contributed by atoms with E-state index in [0.717, 1.165) is 13.1 Å². The molecule has 2 rings (SSSR count). The van der Waals surface area contributed by atoms with Crippen molar-refractivity contribution in [3.63, 3.8) is 0 Å². The fourth-order valence-corrected chi connectivity index (χ4v) is 2.14. The molecule has 1 fully saturated rings. The summed E-state index contributed by atoms with van der Waals surface area (Å²) in [6.07, 6.45) is 0.469. The predicted molar refractivity (Wildman–Crippen MR) is 70.4 cm³/mol. The van der Waals surface area contributed by atoms with Crippen molar-refractivity contribution in [1.82, 2.24) is 5.32 Å². The highest BCUT2D eigenvalue weighted by Gasteiger charge is 2.20. The second-order valence-electron chi connectivity index (χ2n) is 4.20. The number of nitro groups is 1. The van der Waals surface area contributed by atoms with Crippen LogP contribution in [0.25, 0.3) is 0 Å². The largest absolute Gasteiger partial charge is 0.325 e. The lowest BCUT2D eigenvalue weighted by Gasteiger charge is -2.26. The smallest absolute Gasteiger partial charge is 0.270 e. The number of hydrogen-bond acceptors (Lipinski definition) is 4. The molecule has 0 spiro atoms. The van der Waals surface area contributed by atoms with E-state index in [9.17, 15) is 14.9 Å². The Morgan fingerprint density at radius 2 is 2.28 bits per heavy atom. The van der Waals surface area contributed by atoms with Crippen LogP contribution in [0.2, 0.25) is 0 Å². The summed E-state index contributed by atoms with van der Waals surface area (Å²) in [5, 5.41) is 16.4. The molecule has 7 heteroatoms. The summed E-state index contributed by atoms with van der Waals surface area (Å²) in [4.78, 5) is 21.8. The molecular weight excluding hydrogens is 302 g/mol. The lowest BCUT2D eigenvalue weighted by Crippen LogP contribution is -2.43. The number of halogens is 1. The van der Waals surface area contributed by atoms with Gasteiger partial charge in [0, 0.05) is 23.0 Å². The van der Waals surface area contributed by atoms with E-state index in [0.29, 0.717) is 22.5 Å². The Morgan fingerprint density at radius 1 is 1.56 bits per heavy atom. The number of hydrogen-bond donors (Lipinski definition) is 2.